The summed E-state index contributed by atoms with van der Waals surface area (Å²) in [4.78, 5) is 11.9. The van der Waals surface area contributed by atoms with Gasteiger partial charge in [0.25, 0.3) is 0 Å². The van der Waals surface area contributed by atoms with Crippen LogP contribution in [-0.4, -0.2) is 25.4 Å². The van der Waals surface area contributed by atoms with E-state index in [0.29, 0.717) is 28.3 Å². The molecule has 0 atom stereocenters. The summed E-state index contributed by atoms with van der Waals surface area (Å²) < 4.78 is 10.2. The van der Waals surface area contributed by atoms with Gasteiger partial charge < -0.3 is 14.8 Å². The number of ether oxygens (including phenoxy) is 2. The second-order valence-electron chi connectivity index (χ2n) is 5.43. The fraction of sp³-hybridized carbons (Fsp3) is 0.316. The molecule has 0 fully saturated rings. The molecule has 0 heterocycles. The molecule has 1 rings (SSSR count). The van der Waals surface area contributed by atoms with Gasteiger partial charge in [-0.05, 0) is 31.0 Å². The molecule has 1 aromatic carbocycles. The first-order chi connectivity index (χ1) is 11.9. The van der Waals surface area contributed by atoms with E-state index < -0.39 is 5.97 Å². The number of nitriles is 1. The van der Waals surface area contributed by atoms with Crippen molar-refractivity contribution in [1.29, 1.82) is 10.7 Å². The number of carbonyl (C=O) groups excluding carboxylic acids is 1. The maximum absolute atomic E-state index is 11.9. The molecular weight excluding hydrogens is 318 g/mol. The van der Waals surface area contributed by atoms with Gasteiger partial charge in [-0.2, -0.15) is 5.26 Å². The molecule has 0 aliphatic carbocycles. The number of nitrogens with one attached hydrogen (secondary N) is 2. The Bertz CT molecular complexity index is 743. The van der Waals surface area contributed by atoms with Gasteiger partial charge >= 0.3 is 5.97 Å². The van der Waals surface area contributed by atoms with Crippen LogP contribution in [0, 0.1) is 22.7 Å². The Morgan fingerprint density at radius 1 is 1.48 bits per heavy atom. The molecule has 0 aromatic heterocycles. The van der Waals surface area contributed by atoms with Crippen molar-refractivity contribution in [2.75, 3.05) is 19.0 Å². The Kier molecular flexibility index (Phi) is 7.42. The summed E-state index contributed by atoms with van der Waals surface area (Å²) in [5.41, 5.74) is 1.72. The third kappa shape index (κ3) is 4.95. The topological polar surface area (TPSA) is 95.2 Å². The predicted octanol–water partition coefficient (Wildman–Crippen LogP) is 3.66. The van der Waals surface area contributed by atoms with E-state index in [1.807, 2.05) is 13.8 Å². The zero-order chi connectivity index (χ0) is 19.0. The summed E-state index contributed by atoms with van der Waals surface area (Å²) in [5.74, 6) is -0.212. The molecule has 0 unspecified atom stereocenters. The average molecular weight is 341 g/mol. The van der Waals surface area contributed by atoms with Gasteiger partial charge in [0.1, 0.15) is 11.5 Å². The molecule has 0 aliphatic heterocycles. The van der Waals surface area contributed by atoms with E-state index in [-0.39, 0.29) is 18.2 Å². The molecule has 132 valence electrons. The molecular formula is C19H23N3O3. The SMILES string of the molecule is C=C/C(C(=N)C(=O)OCC)=C(/Nc1cc(C#N)ccc1OC)C(C)C. The Morgan fingerprint density at radius 3 is 2.64 bits per heavy atom. The highest BCUT2D eigenvalue weighted by Gasteiger charge is 2.20. The molecule has 25 heavy (non-hydrogen) atoms. The van der Waals surface area contributed by atoms with Crippen molar-refractivity contribution in [3.05, 3.63) is 47.7 Å². The number of allylic oxidation sites excluding steroid dienone is 2. The quantitative estimate of drug-likeness (QED) is 0.427. The Labute approximate surface area is 148 Å². The van der Waals surface area contributed by atoms with Crippen LogP contribution < -0.4 is 10.1 Å². The zero-order valence-electron chi connectivity index (χ0n) is 15.0. The number of benzene rings is 1. The van der Waals surface area contributed by atoms with Crippen LogP contribution in [0.5, 0.6) is 5.75 Å². The van der Waals surface area contributed by atoms with Crippen molar-refractivity contribution in [3.8, 4) is 11.8 Å². The predicted molar refractivity (Wildman–Crippen MR) is 97.8 cm³/mol. The Morgan fingerprint density at radius 2 is 2.16 bits per heavy atom. The van der Waals surface area contributed by atoms with Crippen LogP contribution in [0.3, 0.4) is 0 Å². The molecule has 6 nitrogen and oxygen atoms in total. The van der Waals surface area contributed by atoms with E-state index in [4.69, 9.17) is 20.1 Å². The normalized spacial score (nSPS) is 11.2. The molecule has 0 saturated carbocycles. The highest BCUT2D eigenvalue weighted by Crippen LogP contribution is 2.29. The highest BCUT2D eigenvalue weighted by molar-refractivity contribution is 6.42. The van der Waals surface area contributed by atoms with Gasteiger partial charge in [0.2, 0.25) is 0 Å². The maximum atomic E-state index is 11.9. The highest BCUT2D eigenvalue weighted by atomic mass is 16.5. The maximum Gasteiger partial charge on any atom is 0.356 e. The standard InChI is InChI=1S/C19H23N3O3/c1-6-14(17(21)19(23)25-7-2)18(12(3)4)22-15-10-13(11-20)8-9-16(15)24-5/h6,8-10,12,21-22H,1,7H2,2-5H3/b18-14-,21-17?. The number of anilines is 1. The van der Waals surface area contributed by atoms with Crippen LogP contribution in [0.15, 0.2) is 42.1 Å². The summed E-state index contributed by atoms with van der Waals surface area (Å²) in [7, 11) is 1.53. The summed E-state index contributed by atoms with van der Waals surface area (Å²) in [5, 5.41) is 20.4. The molecule has 0 amide bonds. The third-order valence-corrected chi connectivity index (χ3v) is 3.42. The second kappa shape index (κ2) is 9.28. The van der Waals surface area contributed by atoms with Gasteiger partial charge in [0, 0.05) is 11.3 Å². The van der Waals surface area contributed by atoms with Crippen molar-refractivity contribution in [2.45, 2.75) is 20.8 Å². The first kappa shape index (κ1) is 20.0. The van der Waals surface area contributed by atoms with Crippen molar-refractivity contribution < 1.29 is 14.3 Å². The molecule has 0 bridgehead atoms. The third-order valence-electron chi connectivity index (χ3n) is 3.42. The molecule has 0 radical (unpaired) electrons. The lowest BCUT2D eigenvalue weighted by atomic mass is 9.99. The van der Waals surface area contributed by atoms with Crippen molar-refractivity contribution in [1.82, 2.24) is 0 Å². The lowest BCUT2D eigenvalue weighted by Crippen LogP contribution is -2.22. The van der Waals surface area contributed by atoms with E-state index in [0.717, 1.165) is 0 Å². The molecule has 0 saturated heterocycles. The fourth-order valence-electron chi connectivity index (χ4n) is 2.20. The van der Waals surface area contributed by atoms with Gasteiger partial charge in [0.15, 0.2) is 0 Å². The van der Waals surface area contributed by atoms with Crippen LogP contribution in [0.25, 0.3) is 0 Å². The molecule has 2 N–H and O–H groups in total. The number of rotatable bonds is 8. The van der Waals surface area contributed by atoms with Gasteiger partial charge in [-0.3, -0.25) is 5.41 Å². The molecule has 6 heteroatoms. The number of carbonyl (C=O) groups is 1. The van der Waals surface area contributed by atoms with Gasteiger partial charge in [0.05, 0.1) is 31.0 Å². The zero-order valence-corrected chi connectivity index (χ0v) is 15.0. The van der Waals surface area contributed by atoms with Gasteiger partial charge in [-0.25, -0.2) is 4.79 Å². The summed E-state index contributed by atoms with van der Waals surface area (Å²) >= 11 is 0. The molecule has 0 aliphatic rings. The number of esters is 1. The summed E-state index contributed by atoms with van der Waals surface area (Å²) in [6.07, 6.45) is 1.45. The lowest BCUT2D eigenvalue weighted by molar-refractivity contribution is -0.135. The Balaban J connectivity index is 3.40. The molecule has 0 spiro atoms. The van der Waals surface area contributed by atoms with Crippen LogP contribution in [0.4, 0.5) is 5.69 Å². The minimum Gasteiger partial charge on any atom is -0.495 e. The number of hydrogen-bond donors (Lipinski definition) is 2. The largest absolute Gasteiger partial charge is 0.495 e. The van der Waals surface area contributed by atoms with Crippen LogP contribution in [-0.2, 0) is 9.53 Å². The number of hydrogen-bond acceptors (Lipinski definition) is 6. The van der Waals surface area contributed by atoms with E-state index in [9.17, 15) is 4.79 Å². The van der Waals surface area contributed by atoms with Gasteiger partial charge in [-0.1, -0.05) is 26.5 Å². The molecule has 1 aromatic rings. The summed E-state index contributed by atoms with van der Waals surface area (Å²) in [6.45, 7) is 9.43. The second-order valence-corrected chi connectivity index (χ2v) is 5.43. The fourth-order valence-corrected chi connectivity index (χ4v) is 2.20. The van der Waals surface area contributed by atoms with E-state index in [1.54, 1.807) is 25.1 Å². The smallest absolute Gasteiger partial charge is 0.356 e. The van der Waals surface area contributed by atoms with Crippen LogP contribution >= 0.6 is 0 Å². The minimum atomic E-state index is -0.713. The monoisotopic (exact) mass is 341 g/mol. The van der Waals surface area contributed by atoms with Crippen molar-refractivity contribution in [3.63, 3.8) is 0 Å². The Hall–Kier alpha value is -3.07. The first-order valence-electron chi connectivity index (χ1n) is 7.87. The van der Waals surface area contributed by atoms with Crippen LogP contribution in [0.2, 0.25) is 0 Å². The van der Waals surface area contributed by atoms with E-state index in [2.05, 4.69) is 18.0 Å². The van der Waals surface area contributed by atoms with E-state index in [1.165, 1.54) is 13.2 Å². The van der Waals surface area contributed by atoms with E-state index >= 15 is 0 Å². The lowest BCUT2D eigenvalue weighted by Gasteiger charge is -2.20. The van der Waals surface area contributed by atoms with Gasteiger partial charge in [-0.15, -0.1) is 0 Å². The van der Waals surface area contributed by atoms with Crippen molar-refractivity contribution >= 4 is 17.4 Å². The average Bonchev–Trinajstić information content (AvgIpc) is 2.61. The van der Waals surface area contributed by atoms with Crippen LogP contribution in [0.1, 0.15) is 26.3 Å². The number of nitrogens with zero attached hydrogens (tertiary/aromatic N) is 1. The number of methoxy groups -OCH3 is 1. The first-order valence-corrected chi connectivity index (χ1v) is 7.87. The van der Waals surface area contributed by atoms with Crippen molar-refractivity contribution in [2.24, 2.45) is 5.92 Å². The minimum absolute atomic E-state index is 0.0433. The summed E-state index contributed by atoms with van der Waals surface area (Å²) in [6, 6.07) is 7.06.